The van der Waals surface area contributed by atoms with Crippen molar-refractivity contribution in [1.82, 2.24) is 4.67 Å². The number of benzene rings is 3. The molecule has 1 aliphatic heterocycles. The molecule has 1 atom stereocenters. The molecule has 3 aromatic rings. The van der Waals surface area contributed by atoms with E-state index in [9.17, 15) is 4.57 Å². The summed E-state index contributed by atoms with van der Waals surface area (Å²) >= 11 is 0. The summed E-state index contributed by atoms with van der Waals surface area (Å²) in [4.78, 5) is 0. The quantitative estimate of drug-likeness (QED) is 0.356. The van der Waals surface area contributed by atoms with E-state index in [2.05, 4.69) is 84.4 Å². The minimum Gasteiger partial charge on any atom is -0.317 e. The number of hydrogen-bond acceptors (Lipinski definition) is 2. The van der Waals surface area contributed by atoms with Gasteiger partial charge in [-0.05, 0) is 29.5 Å². The van der Waals surface area contributed by atoms with Crippen LogP contribution in [0, 0.1) is 0 Å². The van der Waals surface area contributed by atoms with Crippen LogP contribution in [0.5, 0.6) is 0 Å². The Kier molecular flexibility index (Phi) is 6.01. The second kappa shape index (κ2) is 8.67. The van der Waals surface area contributed by atoms with Crippen molar-refractivity contribution in [3.8, 4) is 0 Å². The molecule has 4 heteroatoms. The molecule has 1 heterocycles. The first-order valence-corrected chi connectivity index (χ1v) is 12.2. The van der Waals surface area contributed by atoms with Gasteiger partial charge in [-0.3, -0.25) is 4.57 Å². The summed E-state index contributed by atoms with van der Waals surface area (Å²) in [5.74, 6) is 0. The van der Waals surface area contributed by atoms with Crippen molar-refractivity contribution in [1.29, 1.82) is 0 Å². The monoisotopic (exact) mass is 405 g/mol. The van der Waals surface area contributed by atoms with Crippen molar-refractivity contribution in [3.05, 3.63) is 108 Å². The number of rotatable bonds is 6. The lowest BCUT2D eigenvalue weighted by Crippen LogP contribution is -2.49. The van der Waals surface area contributed by atoms with E-state index in [-0.39, 0.29) is 0 Å². The Hall–Kier alpha value is -2.19. The highest BCUT2D eigenvalue weighted by atomic mass is 31.2. The standard InChI is InChI=1S/C25H28NO2P/c1-2-21-29(27)26(19-12-20-28-29)25(22-13-6-3-7-14-22,23-15-8-4-9-16-23)24-17-10-5-11-18-24/h3-11,13-18H,2,12,19-21H2,1H3. The first-order valence-electron chi connectivity index (χ1n) is 10.4. The Balaban J connectivity index is 2.07. The van der Waals surface area contributed by atoms with Crippen molar-refractivity contribution in [3.63, 3.8) is 0 Å². The van der Waals surface area contributed by atoms with E-state index in [4.69, 9.17) is 4.52 Å². The highest BCUT2D eigenvalue weighted by Crippen LogP contribution is 2.62. The van der Waals surface area contributed by atoms with Crippen molar-refractivity contribution in [2.45, 2.75) is 25.3 Å². The molecule has 1 fully saturated rings. The number of hydrogen-bond donors (Lipinski definition) is 0. The van der Waals surface area contributed by atoms with Gasteiger partial charge in [-0.2, -0.15) is 0 Å². The van der Waals surface area contributed by atoms with E-state index < -0.39 is 13.1 Å². The van der Waals surface area contributed by atoms with Crippen molar-refractivity contribution in [2.75, 3.05) is 19.3 Å². The second-order valence-electron chi connectivity index (χ2n) is 7.48. The van der Waals surface area contributed by atoms with Gasteiger partial charge < -0.3 is 4.52 Å². The first kappa shape index (κ1) is 20.1. The molecule has 0 saturated carbocycles. The molecular weight excluding hydrogens is 377 g/mol. The maximum atomic E-state index is 14.2. The maximum absolute atomic E-state index is 14.2. The molecule has 0 radical (unpaired) electrons. The van der Waals surface area contributed by atoms with Crippen LogP contribution < -0.4 is 0 Å². The van der Waals surface area contributed by atoms with Gasteiger partial charge in [-0.25, -0.2) is 4.67 Å². The lowest BCUT2D eigenvalue weighted by atomic mass is 9.77. The molecule has 3 aromatic carbocycles. The third kappa shape index (κ3) is 3.59. The molecule has 29 heavy (non-hydrogen) atoms. The van der Waals surface area contributed by atoms with E-state index in [0.717, 1.165) is 36.1 Å². The Morgan fingerprint density at radius 3 is 1.69 bits per heavy atom. The highest BCUT2D eigenvalue weighted by molar-refractivity contribution is 7.56. The van der Waals surface area contributed by atoms with Gasteiger partial charge in [-0.15, -0.1) is 0 Å². The van der Waals surface area contributed by atoms with Gasteiger partial charge in [0.15, 0.2) is 0 Å². The van der Waals surface area contributed by atoms with Crippen LogP contribution in [0.4, 0.5) is 0 Å². The Morgan fingerprint density at radius 2 is 1.28 bits per heavy atom. The van der Waals surface area contributed by atoms with Crippen LogP contribution in [0.15, 0.2) is 91.0 Å². The van der Waals surface area contributed by atoms with E-state index in [1.807, 2.05) is 18.2 Å². The van der Waals surface area contributed by atoms with Crippen LogP contribution >= 0.6 is 7.52 Å². The van der Waals surface area contributed by atoms with E-state index in [0.29, 0.717) is 12.8 Å². The average molecular weight is 405 g/mol. The molecule has 150 valence electrons. The Bertz CT molecular complexity index is 857. The lowest BCUT2D eigenvalue weighted by molar-refractivity contribution is 0.156. The van der Waals surface area contributed by atoms with Gasteiger partial charge in [0.1, 0.15) is 5.54 Å². The van der Waals surface area contributed by atoms with Crippen LogP contribution in [0.3, 0.4) is 0 Å². The molecule has 0 spiro atoms. The van der Waals surface area contributed by atoms with E-state index >= 15 is 0 Å². The Labute approximate surface area is 173 Å². The highest BCUT2D eigenvalue weighted by Gasteiger charge is 2.51. The summed E-state index contributed by atoms with van der Waals surface area (Å²) in [5.41, 5.74) is 2.66. The molecule has 1 aliphatic rings. The third-order valence-corrected chi connectivity index (χ3v) is 8.48. The van der Waals surface area contributed by atoms with Crippen molar-refractivity contribution >= 4 is 7.52 Å². The van der Waals surface area contributed by atoms with Gasteiger partial charge in [0, 0.05) is 12.7 Å². The van der Waals surface area contributed by atoms with Gasteiger partial charge in [-0.1, -0.05) is 97.9 Å². The largest absolute Gasteiger partial charge is 0.317 e. The third-order valence-electron chi connectivity index (χ3n) is 5.64. The van der Waals surface area contributed by atoms with Crippen LogP contribution in [0.25, 0.3) is 0 Å². The fourth-order valence-corrected chi connectivity index (χ4v) is 7.23. The maximum Gasteiger partial charge on any atom is 0.273 e. The molecule has 0 bridgehead atoms. The van der Waals surface area contributed by atoms with Gasteiger partial charge in [0.2, 0.25) is 0 Å². The molecule has 3 nitrogen and oxygen atoms in total. The SMILES string of the molecule is CCCP1(=O)OCCCN1C(c1ccccc1)(c1ccccc1)c1ccccc1. The predicted molar refractivity (Wildman–Crippen MR) is 119 cm³/mol. The van der Waals surface area contributed by atoms with Crippen molar-refractivity contribution in [2.24, 2.45) is 0 Å². The van der Waals surface area contributed by atoms with E-state index in [1.165, 1.54) is 0 Å². The zero-order valence-electron chi connectivity index (χ0n) is 16.9. The summed E-state index contributed by atoms with van der Waals surface area (Å²) < 4.78 is 22.5. The van der Waals surface area contributed by atoms with E-state index in [1.54, 1.807) is 0 Å². The van der Waals surface area contributed by atoms with Crippen LogP contribution in [-0.4, -0.2) is 24.0 Å². The summed E-state index contributed by atoms with van der Waals surface area (Å²) in [5, 5.41) is 0. The molecule has 1 saturated heterocycles. The smallest absolute Gasteiger partial charge is 0.273 e. The minimum absolute atomic E-state index is 0.557. The van der Waals surface area contributed by atoms with Gasteiger partial charge in [0.25, 0.3) is 7.52 Å². The summed E-state index contributed by atoms with van der Waals surface area (Å²) in [6, 6.07) is 31.3. The average Bonchev–Trinajstić information content (AvgIpc) is 2.78. The van der Waals surface area contributed by atoms with Crippen LogP contribution in [-0.2, 0) is 14.6 Å². The molecule has 0 aliphatic carbocycles. The zero-order valence-corrected chi connectivity index (χ0v) is 17.8. The molecule has 4 rings (SSSR count). The Morgan fingerprint density at radius 1 is 0.828 bits per heavy atom. The minimum atomic E-state index is -3.01. The van der Waals surface area contributed by atoms with Gasteiger partial charge in [0.05, 0.1) is 6.61 Å². The first-order chi connectivity index (χ1) is 14.2. The topological polar surface area (TPSA) is 29.5 Å². The second-order valence-corrected chi connectivity index (χ2v) is 9.94. The fraction of sp³-hybridized carbons (Fsp3) is 0.280. The number of nitrogens with zero attached hydrogens (tertiary/aromatic N) is 1. The zero-order chi connectivity index (χ0) is 20.2. The van der Waals surface area contributed by atoms with Crippen LogP contribution in [0.2, 0.25) is 0 Å². The van der Waals surface area contributed by atoms with Crippen LogP contribution in [0.1, 0.15) is 36.5 Å². The summed E-state index contributed by atoms with van der Waals surface area (Å²) in [7, 11) is -3.01. The summed E-state index contributed by atoms with van der Waals surface area (Å²) in [6.07, 6.45) is 2.24. The molecule has 0 N–H and O–H groups in total. The molecule has 0 aromatic heterocycles. The summed E-state index contributed by atoms with van der Waals surface area (Å²) in [6.45, 7) is 3.36. The normalized spacial score (nSPS) is 20.4. The fourth-order valence-electron chi connectivity index (χ4n) is 4.49. The lowest BCUT2D eigenvalue weighted by Gasteiger charge is -2.50. The predicted octanol–water partition coefficient (Wildman–Crippen LogP) is 6.30. The molecule has 0 amide bonds. The molecule has 1 unspecified atom stereocenters. The molecular formula is C25H28NO2P. The van der Waals surface area contributed by atoms with Crippen molar-refractivity contribution < 1.29 is 9.09 Å². The van der Waals surface area contributed by atoms with Gasteiger partial charge >= 0.3 is 0 Å².